The first-order valence-electron chi connectivity index (χ1n) is 12.2. The van der Waals surface area contributed by atoms with Crippen LogP contribution in [-0.2, 0) is 17.8 Å². The Morgan fingerprint density at radius 2 is 1.82 bits per heavy atom. The Morgan fingerprint density at radius 3 is 2.55 bits per heavy atom. The lowest BCUT2D eigenvalue weighted by atomic mass is 9.95. The van der Waals surface area contributed by atoms with E-state index in [1.807, 2.05) is 42.3 Å². The number of rotatable bonds is 5. The van der Waals surface area contributed by atoms with Crippen molar-refractivity contribution in [3.05, 3.63) is 63.1 Å². The molecule has 2 fully saturated rings. The van der Waals surface area contributed by atoms with Crippen molar-refractivity contribution in [2.75, 3.05) is 31.5 Å². The summed E-state index contributed by atoms with van der Waals surface area (Å²) in [5.41, 5.74) is 3.42. The highest BCUT2D eigenvalue weighted by atomic mass is 16.2. The number of carbonyl (C=O) groups excluding carboxylic acids is 2. The van der Waals surface area contributed by atoms with E-state index in [9.17, 15) is 14.4 Å². The van der Waals surface area contributed by atoms with Crippen molar-refractivity contribution in [1.29, 1.82) is 0 Å². The maximum Gasteiger partial charge on any atom is 0.263 e. The number of benzene rings is 1. The summed E-state index contributed by atoms with van der Waals surface area (Å²) in [6.07, 6.45) is 7.89. The number of anilines is 1. The van der Waals surface area contributed by atoms with Crippen molar-refractivity contribution >= 4 is 17.5 Å². The van der Waals surface area contributed by atoms with Crippen LogP contribution in [0.5, 0.6) is 0 Å². The number of carbonyl (C=O) groups is 2. The van der Waals surface area contributed by atoms with Crippen molar-refractivity contribution in [1.82, 2.24) is 14.4 Å². The summed E-state index contributed by atoms with van der Waals surface area (Å²) >= 11 is 0. The van der Waals surface area contributed by atoms with E-state index in [4.69, 9.17) is 0 Å². The molecule has 1 saturated heterocycles. The lowest BCUT2D eigenvalue weighted by Crippen LogP contribution is -2.45. The number of hydrogen-bond acceptors (Lipinski definition) is 4. The second-order valence-corrected chi connectivity index (χ2v) is 9.62. The van der Waals surface area contributed by atoms with Gasteiger partial charge in [-0.05, 0) is 74.9 Å². The van der Waals surface area contributed by atoms with E-state index in [0.29, 0.717) is 31.7 Å². The number of likely N-dealkylation sites (tertiary alicyclic amines) is 1. The van der Waals surface area contributed by atoms with Crippen LogP contribution in [-0.4, -0.2) is 52.4 Å². The monoisotopic (exact) mass is 448 g/mol. The zero-order valence-corrected chi connectivity index (χ0v) is 19.3. The van der Waals surface area contributed by atoms with Crippen LogP contribution in [0.4, 0.5) is 5.69 Å². The third kappa shape index (κ3) is 4.60. The topological polar surface area (TPSA) is 74.6 Å². The van der Waals surface area contributed by atoms with Crippen LogP contribution in [0.25, 0.3) is 0 Å². The Kier molecular flexibility index (Phi) is 6.06. The molecule has 174 valence electrons. The first kappa shape index (κ1) is 21.9. The Labute approximate surface area is 194 Å². The zero-order chi connectivity index (χ0) is 22.9. The average Bonchev–Trinajstić information content (AvgIpc) is 3.66. The molecule has 3 heterocycles. The number of para-hydroxylation sites is 1. The van der Waals surface area contributed by atoms with Gasteiger partial charge in [0.25, 0.3) is 11.5 Å². The third-order valence-electron chi connectivity index (χ3n) is 7.15. The van der Waals surface area contributed by atoms with Crippen LogP contribution in [0.2, 0.25) is 0 Å². The first-order valence-corrected chi connectivity index (χ1v) is 12.2. The van der Waals surface area contributed by atoms with Gasteiger partial charge >= 0.3 is 0 Å². The predicted molar refractivity (Wildman–Crippen MR) is 128 cm³/mol. The van der Waals surface area contributed by atoms with Crippen LogP contribution < -0.4 is 10.9 Å². The van der Waals surface area contributed by atoms with Crippen molar-refractivity contribution in [3.8, 4) is 0 Å². The van der Waals surface area contributed by atoms with Gasteiger partial charge in [0.05, 0.1) is 6.54 Å². The summed E-state index contributed by atoms with van der Waals surface area (Å²) < 4.78 is 1.73. The quantitative estimate of drug-likeness (QED) is 0.763. The molecule has 1 saturated carbocycles. The number of aromatic nitrogens is 1. The molecule has 3 aliphatic rings. The van der Waals surface area contributed by atoms with Gasteiger partial charge in [-0.3, -0.25) is 19.3 Å². The number of nitrogens with one attached hydrogen (secondary N) is 1. The van der Waals surface area contributed by atoms with Crippen molar-refractivity contribution in [2.45, 2.75) is 58.0 Å². The van der Waals surface area contributed by atoms with E-state index in [1.54, 1.807) is 4.57 Å². The first-order chi connectivity index (χ1) is 16.0. The van der Waals surface area contributed by atoms with E-state index >= 15 is 0 Å². The number of fused-ring (bicyclic) bond motifs is 1. The Bertz CT molecular complexity index is 1130. The minimum Gasteiger partial charge on any atom is -0.337 e. The molecule has 33 heavy (non-hydrogen) atoms. The number of amides is 2. The normalized spacial score (nSPS) is 18.6. The van der Waals surface area contributed by atoms with Gasteiger partial charge in [0.15, 0.2) is 0 Å². The molecule has 0 radical (unpaired) electrons. The van der Waals surface area contributed by atoms with Gasteiger partial charge in [-0.15, -0.1) is 0 Å². The molecule has 0 atom stereocenters. The highest BCUT2D eigenvalue weighted by Crippen LogP contribution is 2.35. The largest absolute Gasteiger partial charge is 0.337 e. The minimum absolute atomic E-state index is 0.137. The van der Waals surface area contributed by atoms with Gasteiger partial charge < -0.3 is 14.8 Å². The summed E-state index contributed by atoms with van der Waals surface area (Å²) in [5, 5.41) is 2.95. The predicted octanol–water partition coefficient (Wildman–Crippen LogP) is 3.11. The van der Waals surface area contributed by atoms with Crippen molar-refractivity contribution in [3.63, 3.8) is 0 Å². The number of aryl methyl sites for hydroxylation is 1. The molecule has 1 aromatic heterocycles. The third-order valence-corrected chi connectivity index (χ3v) is 7.15. The van der Waals surface area contributed by atoms with E-state index in [-0.39, 0.29) is 29.0 Å². The molecule has 2 amide bonds. The Hall–Kier alpha value is -2.93. The van der Waals surface area contributed by atoms with Gasteiger partial charge in [0.1, 0.15) is 5.56 Å². The molecule has 0 bridgehead atoms. The van der Waals surface area contributed by atoms with E-state index in [0.717, 1.165) is 55.5 Å². The van der Waals surface area contributed by atoms with Crippen LogP contribution in [0.15, 0.2) is 35.3 Å². The number of nitrogens with zero attached hydrogens (tertiary/aromatic N) is 3. The Morgan fingerprint density at radius 1 is 1.06 bits per heavy atom. The number of pyridine rings is 1. The smallest absolute Gasteiger partial charge is 0.263 e. The lowest BCUT2D eigenvalue weighted by Gasteiger charge is -2.33. The van der Waals surface area contributed by atoms with Crippen LogP contribution >= 0.6 is 0 Å². The molecule has 1 N–H and O–H groups in total. The summed E-state index contributed by atoms with van der Waals surface area (Å²) in [4.78, 5) is 43.8. The van der Waals surface area contributed by atoms with Crippen LogP contribution in [0, 0.1) is 6.92 Å². The van der Waals surface area contributed by atoms with E-state index < -0.39 is 0 Å². The molecule has 2 aliphatic heterocycles. The second kappa shape index (κ2) is 9.14. The maximum absolute atomic E-state index is 13.3. The lowest BCUT2D eigenvalue weighted by molar-refractivity contribution is -0.133. The van der Waals surface area contributed by atoms with E-state index in [2.05, 4.69) is 10.2 Å². The molecule has 0 unspecified atom stereocenters. The van der Waals surface area contributed by atoms with Gasteiger partial charge in [-0.1, -0.05) is 24.6 Å². The fraction of sp³-hybridized carbons (Fsp3) is 0.500. The molecule has 5 rings (SSSR count). The van der Waals surface area contributed by atoms with Crippen LogP contribution in [0.1, 0.15) is 65.2 Å². The molecule has 1 aliphatic carbocycles. The maximum atomic E-state index is 13.3. The van der Waals surface area contributed by atoms with Crippen LogP contribution in [0.3, 0.4) is 0 Å². The van der Waals surface area contributed by atoms with E-state index in [1.165, 1.54) is 6.42 Å². The summed E-state index contributed by atoms with van der Waals surface area (Å²) in [6.45, 7) is 5.36. The highest BCUT2D eigenvalue weighted by molar-refractivity contribution is 6.05. The van der Waals surface area contributed by atoms with Gasteiger partial charge in [0, 0.05) is 31.0 Å². The summed E-state index contributed by atoms with van der Waals surface area (Å²) in [6, 6.07) is 7.74. The van der Waals surface area contributed by atoms with Gasteiger partial charge in [0.2, 0.25) is 5.91 Å². The highest BCUT2D eigenvalue weighted by Gasteiger charge is 2.32. The summed E-state index contributed by atoms with van der Waals surface area (Å²) in [5.74, 6) is -0.216. The van der Waals surface area contributed by atoms with Gasteiger partial charge in [-0.2, -0.15) is 0 Å². The minimum atomic E-state index is -0.353. The SMILES string of the molecule is Cc1ccccc1NC(=O)c1c2c(cn(C3CC3)c1=O)CN(C(=O)CN1CCCCC1)CC2. The molecular weight excluding hydrogens is 416 g/mol. The molecule has 1 aromatic carbocycles. The zero-order valence-electron chi connectivity index (χ0n) is 19.3. The standard InChI is InChI=1S/C26H32N4O3/c1-18-7-3-4-8-22(18)27-25(32)24-21-11-14-29(23(31)17-28-12-5-2-6-13-28)15-19(21)16-30(26(24)33)20-9-10-20/h3-4,7-8,16,20H,2,5-6,9-15,17H2,1H3,(H,27,32). The fourth-order valence-corrected chi connectivity index (χ4v) is 5.05. The summed E-state index contributed by atoms with van der Waals surface area (Å²) in [7, 11) is 0. The molecule has 7 heteroatoms. The molecule has 2 aromatic rings. The molecular formula is C26H32N4O3. The fourth-order valence-electron chi connectivity index (χ4n) is 5.05. The van der Waals surface area contributed by atoms with Crippen molar-refractivity contribution < 1.29 is 9.59 Å². The number of piperidine rings is 1. The second-order valence-electron chi connectivity index (χ2n) is 9.62. The molecule has 7 nitrogen and oxygen atoms in total. The van der Waals surface area contributed by atoms with Gasteiger partial charge in [-0.25, -0.2) is 0 Å². The Balaban J connectivity index is 1.42. The molecule has 0 spiro atoms. The van der Waals surface area contributed by atoms with Crippen molar-refractivity contribution in [2.24, 2.45) is 0 Å². The average molecular weight is 449 g/mol. The number of hydrogen-bond donors (Lipinski definition) is 1.